The summed E-state index contributed by atoms with van der Waals surface area (Å²) in [5, 5.41) is 0. The van der Waals surface area contributed by atoms with E-state index in [0.717, 1.165) is 18.3 Å². The van der Waals surface area contributed by atoms with Crippen molar-refractivity contribution in [2.45, 2.75) is 58.3 Å². The van der Waals surface area contributed by atoms with Gasteiger partial charge in [0.1, 0.15) is 0 Å². The first-order valence-corrected chi connectivity index (χ1v) is 11.1. The molecular formula is C28H32. The number of rotatable bonds is 5. The van der Waals surface area contributed by atoms with Crippen molar-refractivity contribution in [3.63, 3.8) is 0 Å². The first kappa shape index (κ1) is 19.0. The van der Waals surface area contributed by atoms with Crippen LogP contribution in [0.1, 0.15) is 63.0 Å². The average Bonchev–Trinajstić information content (AvgIpc) is 2.79. The molecule has 0 aromatic heterocycles. The summed E-state index contributed by atoms with van der Waals surface area (Å²) in [5.41, 5.74) is 8.24. The fraction of sp³-hybridized carbons (Fsp3) is 0.357. The van der Waals surface area contributed by atoms with Gasteiger partial charge in [-0.3, -0.25) is 0 Å². The molecule has 0 aliphatic heterocycles. The molecule has 0 amide bonds. The van der Waals surface area contributed by atoms with Crippen molar-refractivity contribution in [3.8, 4) is 22.3 Å². The van der Waals surface area contributed by atoms with E-state index >= 15 is 0 Å². The normalized spacial score (nSPS) is 19.5. The molecule has 0 unspecified atom stereocenters. The number of aryl methyl sites for hydroxylation is 1. The second-order valence-electron chi connectivity index (χ2n) is 8.35. The molecule has 1 aliphatic rings. The van der Waals surface area contributed by atoms with Gasteiger partial charge in [0, 0.05) is 0 Å². The molecule has 0 N–H and O–H groups in total. The highest BCUT2D eigenvalue weighted by Crippen LogP contribution is 2.38. The molecule has 1 fully saturated rings. The predicted octanol–water partition coefficient (Wildman–Crippen LogP) is 8.27. The largest absolute Gasteiger partial charge is 0.0651 e. The third-order valence-corrected chi connectivity index (χ3v) is 6.69. The van der Waals surface area contributed by atoms with Crippen LogP contribution in [0.15, 0.2) is 72.8 Å². The summed E-state index contributed by atoms with van der Waals surface area (Å²) < 4.78 is 0. The van der Waals surface area contributed by atoms with Crippen molar-refractivity contribution >= 4 is 0 Å². The maximum atomic E-state index is 2.39. The van der Waals surface area contributed by atoms with Gasteiger partial charge in [0.15, 0.2) is 0 Å². The number of hydrogen-bond donors (Lipinski definition) is 0. The van der Waals surface area contributed by atoms with Crippen LogP contribution in [0.4, 0.5) is 0 Å². The van der Waals surface area contributed by atoms with E-state index in [2.05, 4.69) is 86.6 Å². The Morgan fingerprint density at radius 1 is 0.679 bits per heavy atom. The zero-order chi connectivity index (χ0) is 19.3. The van der Waals surface area contributed by atoms with Crippen molar-refractivity contribution in [1.29, 1.82) is 0 Å². The van der Waals surface area contributed by atoms with E-state index in [1.165, 1.54) is 65.5 Å². The molecule has 0 heterocycles. The van der Waals surface area contributed by atoms with E-state index < -0.39 is 0 Å². The fourth-order valence-electron chi connectivity index (χ4n) is 4.76. The molecule has 28 heavy (non-hydrogen) atoms. The van der Waals surface area contributed by atoms with Crippen LogP contribution in [0.2, 0.25) is 0 Å². The van der Waals surface area contributed by atoms with Crippen molar-refractivity contribution in [3.05, 3.63) is 83.9 Å². The van der Waals surface area contributed by atoms with Gasteiger partial charge in [-0.05, 0) is 77.3 Å². The van der Waals surface area contributed by atoms with Crippen LogP contribution in [0, 0.1) is 5.92 Å². The minimum absolute atomic E-state index is 0.757. The monoisotopic (exact) mass is 368 g/mol. The maximum Gasteiger partial charge on any atom is -0.0103 e. The lowest BCUT2D eigenvalue weighted by atomic mass is 9.77. The Hall–Kier alpha value is -2.34. The molecular weight excluding hydrogens is 336 g/mol. The Labute approximate surface area is 170 Å². The van der Waals surface area contributed by atoms with Gasteiger partial charge in [0.25, 0.3) is 0 Å². The van der Waals surface area contributed by atoms with Crippen LogP contribution in [-0.2, 0) is 6.42 Å². The summed E-state index contributed by atoms with van der Waals surface area (Å²) >= 11 is 0. The number of hydrogen-bond acceptors (Lipinski definition) is 0. The summed E-state index contributed by atoms with van der Waals surface area (Å²) in [7, 11) is 0. The highest BCUT2D eigenvalue weighted by molar-refractivity contribution is 5.84. The standard InChI is InChI=1S/C28H32/c1-3-21-10-13-23(14-11-21)24-15-17-26(18-16-24)28-20-22(4-2)12-19-27(28)25-8-6-5-7-9-25/h5-9,12,15-21,23H,3-4,10-11,13-14H2,1-2H3. The van der Waals surface area contributed by atoms with Crippen LogP contribution >= 0.6 is 0 Å². The molecule has 3 aromatic rings. The second kappa shape index (κ2) is 8.78. The molecule has 1 saturated carbocycles. The smallest absolute Gasteiger partial charge is 0.0103 e. The van der Waals surface area contributed by atoms with Gasteiger partial charge in [0.05, 0.1) is 0 Å². The maximum absolute atomic E-state index is 2.39. The quantitative estimate of drug-likeness (QED) is 0.425. The molecule has 0 saturated heterocycles. The Morgan fingerprint density at radius 2 is 1.36 bits per heavy atom. The Balaban J connectivity index is 1.64. The molecule has 0 nitrogen and oxygen atoms in total. The lowest BCUT2D eigenvalue weighted by molar-refractivity contribution is 0.319. The summed E-state index contributed by atoms with van der Waals surface area (Å²) in [6.07, 6.45) is 7.94. The summed E-state index contributed by atoms with van der Waals surface area (Å²) in [4.78, 5) is 0. The van der Waals surface area contributed by atoms with Crippen molar-refractivity contribution in [1.82, 2.24) is 0 Å². The third kappa shape index (κ3) is 4.07. The molecule has 144 valence electrons. The van der Waals surface area contributed by atoms with Crippen LogP contribution in [0.3, 0.4) is 0 Å². The third-order valence-electron chi connectivity index (χ3n) is 6.69. The highest BCUT2D eigenvalue weighted by atomic mass is 14.3. The number of benzene rings is 3. The topological polar surface area (TPSA) is 0 Å². The lowest BCUT2D eigenvalue weighted by Gasteiger charge is -2.28. The van der Waals surface area contributed by atoms with Crippen LogP contribution in [0.5, 0.6) is 0 Å². The Bertz CT molecular complexity index is 881. The van der Waals surface area contributed by atoms with Crippen LogP contribution < -0.4 is 0 Å². The van der Waals surface area contributed by atoms with Crippen molar-refractivity contribution in [2.75, 3.05) is 0 Å². The molecule has 3 aromatic carbocycles. The van der Waals surface area contributed by atoms with Gasteiger partial charge in [-0.2, -0.15) is 0 Å². The molecule has 4 rings (SSSR count). The van der Waals surface area contributed by atoms with Gasteiger partial charge in [-0.25, -0.2) is 0 Å². The van der Waals surface area contributed by atoms with Gasteiger partial charge >= 0.3 is 0 Å². The first-order chi connectivity index (χ1) is 13.8. The van der Waals surface area contributed by atoms with E-state index in [0.29, 0.717) is 0 Å². The minimum atomic E-state index is 0.757. The lowest BCUT2D eigenvalue weighted by Crippen LogP contribution is -2.12. The van der Waals surface area contributed by atoms with Gasteiger partial charge in [0.2, 0.25) is 0 Å². The summed E-state index contributed by atoms with van der Waals surface area (Å²) in [5.74, 6) is 1.72. The summed E-state index contributed by atoms with van der Waals surface area (Å²) in [6, 6.07) is 27.2. The van der Waals surface area contributed by atoms with Crippen molar-refractivity contribution in [2.24, 2.45) is 5.92 Å². The molecule has 0 heteroatoms. The zero-order valence-electron chi connectivity index (χ0n) is 17.3. The zero-order valence-corrected chi connectivity index (χ0v) is 17.3. The average molecular weight is 369 g/mol. The molecule has 1 aliphatic carbocycles. The van der Waals surface area contributed by atoms with E-state index in [9.17, 15) is 0 Å². The minimum Gasteiger partial charge on any atom is -0.0651 e. The van der Waals surface area contributed by atoms with E-state index in [1.54, 1.807) is 0 Å². The van der Waals surface area contributed by atoms with E-state index in [4.69, 9.17) is 0 Å². The van der Waals surface area contributed by atoms with E-state index in [1.807, 2.05) is 0 Å². The summed E-state index contributed by atoms with van der Waals surface area (Å²) in [6.45, 7) is 4.57. The molecule has 0 atom stereocenters. The van der Waals surface area contributed by atoms with Gasteiger partial charge in [-0.15, -0.1) is 0 Å². The Kier molecular flexibility index (Phi) is 5.95. The molecule has 0 bridgehead atoms. The van der Waals surface area contributed by atoms with Gasteiger partial charge < -0.3 is 0 Å². The van der Waals surface area contributed by atoms with Crippen LogP contribution in [-0.4, -0.2) is 0 Å². The van der Waals surface area contributed by atoms with Crippen molar-refractivity contribution < 1.29 is 0 Å². The van der Waals surface area contributed by atoms with E-state index in [-0.39, 0.29) is 0 Å². The second-order valence-corrected chi connectivity index (χ2v) is 8.35. The van der Waals surface area contributed by atoms with Crippen LogP contribution in [0.25, 0.3) is 22.3 Å². The Morgan fingerprint density at radius 3 is 2.00 bits per heavy atom. The molecule has 0 radical (unpaired) electrons. The predicted molar refractivity (Wildman–Crippen MR) is 122 cm³/mol. The fourth-order valence-corrected chi connectivity index (χ4v) is 4.76. The first-order valence-electron chi connectivity index (χ1n) is 11.1. The van der Waals surface area contributed by atoms with Gasteiger partial charge in [-0.1, -0.05) is 93.1 Å². The SMILES string of the molecule is CCc1ccc(-c2ccccc2)c(-c2ccc(C3CCC(CC)CC3)cc2)c1. The highest BCUT2D eigenvalue weighted by Gasteiger charge is 2.21. The molecule has 0 spiro atoms.